The Hall–Kier alpha value is -2.56. The summed E-state index contributed by atoms with van der Waals surface area (Å²) in [6.07, 6.45) is 0.105. The first-order chi connectivity index (χ1) is 14.6. The quantitative estimate of drug-likeness (QED) is 0.693. The largest absolute Gasteiger partial charge is 0.462 e. The van der Waals surface area contributed by atoms with Crippen molar-refractivity contribution in [3.63, 3.8) is 0 Å². The first-order valence-electron chi connectivity index (χ1n) is 9.41. The van der Waals surface area contributed by atoms with Gasteiger partial charge in [0.15, 0.2) is 0 Å². The second kappa shape index (κ2) is 8.18. The molecule has 2 aromatic rings. The lowest BCUT2D eigenvalue weighted by molar-refractivity contribution is -0.142. The van der Waals surface area contributed by atoms with Crippen LogP contribution < -0.4 is 5.32 Å². The number of carbonyl (C=O) groups excluding carboxylic acids is 2. The lowest BCUT2D eigenvalue weighted by Gasteiger charge is -2.32. The van der Waals surface area contributed by atoms with E-state index in [-0.39, 0.29) is 53.8 Å². The summed E-state index contributed by atoms with van der Waals surface area (Å²) in [5.41, 5.74) is 0.0905. The number of rotatable bonds is 4. The second-order valence-electron chi connectivity index (χ2n) is 7.37. The number of halogens is 3. The van der Waals surface area contributed by atoms with Crippen molar-refractivity contribution < 1.29 is 31.5 Å². The van der Waals surface area contributed by atoms with E-state index in [1.807, 2.05) is 0 Å². The minimum atomic E-state index is -4.25. The smallest absolute Gasteiger partial charge is 0.306 e. The van der Waals surface area contributed by atoms with Gasteiger partial charge in [0.25, 0.3) is 5.91 Å². The lowest BCUT2D eigenvalue weighted by Crippen LogP contribution is -2.44. The maximum absolute atomic E-state index is 14.5. The third-order valence-corrected chi connectivity index (χ3v) is 7.50. The van der Waals surface area contributed by atoms with Crippen molar-refractivity contribution in [2.24, 2.45) is 5.92 Å². The fraction of sp³-hybridized carbons (Fsp3) is 0.300. The van der Waals surface area contributed by atoms with E-state index in [1.54, 1.807) is 0 Å². The van der Waals surface area contributed by atoms with E-state index < -0.39 is 32.5 Å². The Morgan fingerprint density at radius 3 is 2.65 bits per heavy atom. The van der Waals surface area contributed by atoms with Gasteiger partial charge in [0.1, 0.15) is 22.6 Å². The van der Waals surface area contributed by atoms with Gasteiger partial charge in [0.05, 0.1) is 11.4 Å². The second-order valence-corrected chi connectivity index (χ2v) is 9.69. The zero-order valence-corrected chi connectivity index (χ0v) is 17.6. The van der Waals surface area contributed by atoms with Crippen LogP contribution in [0.4, 0.5) is 14.5 Å². The van der Waals surface area contributed by atoms with E-state index >= 15 is 0 Å². The van der Waals surface area contributed by atoms with Gasteiger partial charge in [-0.05, 0) is 42.8 Å². The summed E-state index contributed by atoms with van der Waals surface area (Å²) >= 11 is 5.69. The number of benzene rings is 2. The minimum Gasteiger partial charge on any atom is -0.462 e. The number of fused-ring (bicyclic) bond motifs is 1. The molecule has 1 amide bonds. The van der Waals surface area contributed by atoms with Gasteiger partial charge in [-0.3, -0.25) is 9.59 Å². The van der Waals surface area contributed by atoms with Gasteiger partial charge in [-0.2, -0.15) is 4.31 Å². The van der Waals surface area contributed by atoms with E-state index in [4.69, 9.17) is 16.3 Å². The zero-order valence-electron chi connectivity index (χ0n) is 16.0. The number of carbonyl (C=O) groups is 2. The van der Waals surface area contributed by atoms with E-state index in [1.165, 1.54) is 12.1 Å². The molecule has 4 rings (SSSR count). The summed E-state index contributed by atoms with van der Waals surface area (Å²) in [7, 11) is -4.25. The average molecular weight is 471 g/mol. The standard InChI is InChI=1S/C20H17ClF2N2O5S/c21-14-9-13(2-4-15(14)22)24-20(27)11-1-3-16(23)18(7-11)31(28,29)25-6-5-17-12(10-25)8-19(26)30-17/h1-4,7,9,12,17H,5-6,8,10H2,(H,24,27). The molecule has 11 heteroatoms. The summed E-state index contributed by atoms with van der Waals surface area (Å²) in [4.78, 5) is 23.4. The molecule has 0 bridgehead atoms. The lowest BCUT2D eigenvalue weighted by atomic mass is 9.96. The molecular formula is C20H17ClF2N2O5S. The van der Waals surface area contributed by atoms with Crippen LogP contribution in [0.1, 0.15) is 23.2 Å². The molecule has 1 N–H and O–H groups in total. The third kappa shape index (κ3) is 4.28. The van der Waals surface area contributed by atoms with E-state index in [0.717, 1.165) is 28.6 Å². The molecule has 2 aliphatic heterocycles. The number of hydrogen-bond donors (Lipinski definition) is 1. The van der Waals surface area contributed by atoms with Crippen LogP contribution in [0.15, 0.2) is 41.3 Å². The summed E-state index contributed by atoms with van der Waals surface area (Å²) < 4.78 is 60.1. The molecule has 164 valence electrons. The van der Waals surface area contributed by atoms with Crippen molar-refractivity contribution in [1.82, 2.24) is 4.31 Å². The molecule has 2 atom stereocenters. The monoisotopic (exact) mass is 470 g/mol. The minimum absolute atomic E-state index is 0.0304. The number of amides is 1. The Morgan fingerprint density at radius 2 is 1.90 bits per heavy atom. The van der Waals surface area contributed by atoms with Crippen molar-refractivity contribution in [1.29, 1.82) is 0 Å². The van der Waals surface area contributed by atoms with Crippen LogP contribution in [-0.2, 0) is 19.6 Å². The van der Waals surface area contributed by atoms with Crippen molar-refractivity contribution in [2.45, 2.75) is 23.8 Å². The first-order valence-corrected chi connectivity index (χ1v) is 11.2. The molecule has 0 saturated carbocycles. The molecule has 2 aromatic carbocycles. The number of anilines is 1. The summed E-state index contributed by atoms with van der Waals surface area (Å²) in [5.74, 6) is -3.03. The Labute approximate surface area is 182 Å². The summed E-state index contributed by atoms with van der Waals surface area (Å²) in [6, 6.07) is 6.55. The van der Waals surface area contributed by atoms with Gasteiger partial charge in [0, 0.05) is 30.3 Å². The van der Waals surface area contributed by atoms with E-state index in [0.29, 0.717) is 6.42 Å². The molecule has 0 spiro atoms. The van der Waals surface area contributed by atoms with E-state index in [2.05, 4.69) is 5.32 Å². The number of nitrogens with zero attached hydrogens (tertiary/aromatic N) is 1. The van der Waals surface area contributed by atoms with Crippen LogP contribution in [-0.4, -0.2) is 43.8 Å². The van der Waals surface area contributed by atoms with Crippen LogP contribution >= 0.6 is 11.6 Å². The van der Waals surface area contributed by atoms with Gasteiger partial charge in [0.2, 0.25) is 10.0 Å². The molecule has 2 saturated heterocycles. The van der Waals surface area contributed by atoms with Crippen molar-refractivity contribution in [2.75, 3.05) is 18.4 Å². The SMILES string of the molecule is O=C1CC2CN(S(=O)(=O)c3cc(C(=O)Nc4ccc(F)c(Cl)c4)ccc3F)CCC2O1. The Morgan fingerprint density at radius 1 is 1.16 bits per heavy atom. The average Bonchev–Trinajstić information content (AvgIpc) is 3.10. The number of hydrogen-bond acceptors (Lipinski definition) is 5. The first kappa shape index (κ1) is 21.7. The number of sulfonamides is 1. The molecule has 2 fully saturated rings. The molecule has 0 aliphatic carbocycles. The normalized spacial score (nSPS) is 21.5. The van der Waals surface area contributed by atoms with Crippen molar-refractivity contribution >= 4 is 39.2 Å². The molecule has 7 nitrogen and oxygen atoms in total. The molecule has 2 aliphatic rings. The number of piperidine rings is 1. The fourth-order valence-corrected chi connectivity index (χ4v) is 5.52. The third-order valence-electron chi connectivity index (χ3n) is 5.33. The molecule has 2 heterocycles. The Bertz CT molecular complexity index is 1170. The molecule has 0 radical (unpaired) electrons. The highest BCUT2D eigenvalue weighted by atomic mass is 35.5. The number of nitrogens with one attached hydrogen (secondary N) is 1. The summed E-state index contributed by atoms with van der Waals surface area (Å²) in [5, 5.41) is 2.27. The predicted octanol–water partition coefficient (Wildman–Crippen LogP) is 3.20. The van der Waals surface area contributed by atoms with Gasteiger partial charge >= 0.3 is 5.97 Å². The maximum Gasteiger partial charge on any atom is 0.306 e. The van der Waals surface area contributed by atoms with Crippen LogP contribution in [0.25, 0.3) is 0 Å². The Balaban J connectivity index is 1.57. The van der Waals surface area contributed by atoms with Gasteiger partial charge in [-0.15, -0.1) is 0 Å². The van der Waals surface area contributed by atoms with Gasteiger partial charge in [-0.1, -0.05) is 11.6 Å². The van der Waals surface area contributed by atoms with Crippen molar-refractivity contribution in [3.8, 4) is 0 Å². The molecule has 0 aromatic heterocycles. The predicted molar refractivity (Wildman–Crippen MR) is 107 cm³/mol. The van der Waals surface area contributed by atoms with Crippen LogP contribution in [0.5, 0.6) is 0 Å². The number of ether oxygens (including phenoxy) is 1. The fourth-order valence-electron chi connectivity index (χ4n) is 3.74. The molecular weight excluding hydrogens is 454 g/mol. The highest BCUT2D eigenvalue weighted by Gasteiger charge is 2.43. The zero-order chi connectivity index (χ0) is 22.3. The van der Waals surface area contributed by atoms with Crippen LogP contribution in [0.2, 0.25) is 5.02 Å². The topological polar surface area (TPSA) is 92.8 Å². The highest BCUT2D eigenvalue weighted by molar-refractivity contribution is 7.89. The van der Waals surface area contributed by atoms with Crippen molar-refractivity contribution in [3.05, 3.63) is 58.6 Å². The van der Waals surface area contributed by atoms with Gasteiger partial charge in [-0.25, -0.2) is 17.2 Å². The van der Waals surface area contributed by atoms with Crippen LogP contribution in [0.3, 0.4) is 0 Å². The maximum atomic E-state index is 14.5. The highest BCUT2D eigenvalue weighted by Crippen LogP contribution is 2.33. The van der Waals surface area contributed by atoms with Gasteiger partial charge < -0.3 is 10.1 Å². The summed E-state index contributed by atoms with van der Waals surface area (Å²) in [6.45, 7) is 0.101. The van der Waals surface area contributed by atoms with Crippen LogP contribution in [0, 0.1) is 17.6 Å². The number of esters is 1. The molecule has 31 heavy (non-hydrogen) atoms. The van der Waals surface area contributed by atoms with E-state index in [9.17, 15) is 26.8 Å². The molecule has 2 unspecified atom stereocenters. The Kier molecular flexibility index (Phi) is 5.71.